The number of nitro groups is 1. The number of hydrogen-bond acceptors (Lipinski definition) is 7. The molecule has 3 aromatic rings. The van der Waals surface area contributed by atoms with Crippen LogP contribution in [0.4, 0.5) is 11.6 Å². The molecule has 0 saturated carbocycles. The fourth-order valence-corrected chi connectivity index (χ4v) is 2.80. The molecule has 0 aliphatic rings. The van der Waals surface area contributed by atoms with Gasteiger partial charge >= 0.3 is 5.82 Å². The first-order valence-corrected chi connectivity index (χ1v) is 8.07. The molecule has 27 heavy (non-hydrogen) atoms. The van der Waals surface area contributed by atoms with Crippen molar-refractivity contribution in [3.8, 4) is 11.5 Å². The maximum atomic E-state index is 11.3. The molecule has 1 unspecified atom stereocenters. The lowest BCUT2D eigenvalue weighted by Gasteiger charge is -2.21. The zero-order valence-electron chi connectivity index (χ0n) is 15.4. The second kappa shape index (κ2) is 7.36. The zero-order valence-corrected chi connectivity index (χ0v) is 15.4. The van der Waals surface area contributed by atoms with E-state index in [4.69, 9.17) is 9.47 Å². The number of rotatable bonds is 7. The molecular formula is C17H20N6O4. The van der Waals surface area contributed by atoms with Gasteiger partial charge in [0.15, 0.2) is 0 Å². The van der Waals surface area contributed by atoms with Gasteiger partial charge in [-0.2, -0.15) is 0 Å². The van der Waals surface area contributed by atoms with Crippen LogP contribution >= 0.6 is 0 Å². The molecule has 1 N–H and O–H groups in total. The summed E-state index contributed by atoms with van der Waals surface area (Å²) in [6.07, 6.45) is 4.86. The van der Waals surface area contributed by atoms with Crippen molar-refractivity contribution in [2.45, 2.75) is 6.04 Å². The Bertz CT molecular complexity index is 942. The molecule has 0 radical (unpaired) electrons. The zero-order chi connectivity index (χ0) is 19.6. The van der Waals surface area contributed by atoms with Gasteiger partial charge in [-0.3, -0.25) is 4.57 Å². The molecule has 10 nitrogen and oxygen atoms in total. The van der Waals surface area contributed by atoms with E-state index in [0.717, 1.165) is 5.56 Å². The summed E-state index contributed by atoms with van der Waals surface area (Å²) >= 11 is 0. The fraction of sp³-hybridized carbons (Fsp3) is 0.294. The maximum absolute atomic E-state index is 11.3. The molecular weight excluding hydrogens is 352 g/mol. The van der Waals surface area contributed by atoms with E-state index >= 15 is 0 Å². The van der Waals surface area contributed by atoms with Gasteiger partial charge in [-0.15, -0.1) is 0 Å². The summed E-state index contributed by atoms with van der Waals surface area (Å²) in [4.78, 5) is 19.1. The molecule has 0 aliphatic heterocycles. The molecule has 142 valence electrons. The molecule has 10 heteroatoms. The largest absolute Gasteiger partial charge is 0.497 e. The monoisotopic (exact) mass is 372 g/mol. The van der Waals surface area contributed by atoms with Gasteiger partial charge in [-0.1, -0.05) is 0 Å². The summed E-state index contributed by atoms with van der Waals surface area (Å²) in [5, 5.41) is 14.5. The highest BCUT2D eigenvalue weighted by Crippen LogP contribution is 2.33. The Balaban J connectivity index is 2.13. The van der Waals surface area contributed by atoms with Crippen molar-refractivity contribution in [1.29, 1.82) is 0 Å². The Kier molecular flexibility index (Phi) is 4.97. The number of nitrogens with zero attached hydrogens (tertiary/aromatic N) is 5. The third-order valence-electron chi connectivity index (χ3n) is 4.20. The Labute approximate surface area is 155 Å². The summed E-state index contributed by atoms with van der Waals surface area (Å²) in [6, 6.07) is 4.92. The van der Waals surface area contributed by atoms with Crippen molar-refractivity contribution in [2.24, 2.45) is 14.1 Å². The molecule has 0 spiro atoms. The highest BCUT2D eigenvalue weighted by Gasteiger charge is 2.27. The number of aromatic nitrogens is 4. The molecule has 0 fully saturated rings. The summed E-state index contributed by atoms with van der Waals surface area (Å²) in [5.41, 5.74) is 0.774. The van der Waals surface area contributed by atoms with Crippen LogP contribution in [0.2, 0.25) is 0 Å². The summed E-state index contributed by atoms with van der Waals surface area (Å²) in [6.45, 7) is 0. The topological polar surface area (TPSA) is 109 Å². The van der Waals surface area contributed by atoms with Crippen LogP contribution in [0.1, 0.15) is 17.4 Å². The van der Waals surface area contributed by atoms with E-state index in [0.29, 0.717) is 17.3 Å². The predicted molar refractivity (Wildman–Crippen MR) is 98.1 cm³/mol. The summed E-state index contributed by atoms with van der Waals surface area (Å²) in [7, 11) is 6.66. The number of nitrogens with one attached hydrogen (secondary N) is 1. The number of ether oxygens (including phenoxy) is 2. The van der Waals surface area contributed by atoms with E-state index in [9.17, 15) is 10.1 Å². The number of aryl methyl sites for hydroxylation is 2. The Hall–Kier alpha value is -3.56. The van der Waals surface area contributed by atoms with Gasteiger partial charge in [-0.05, 0) is 27.6 Å². The van der Waals surface area contributed by atoms with Gasteiger partial charge in [-0.25, -0.2) is 4.98 Å². The quantitative estimate of drug-likeness (QED) is 0.500. The second-order valence-corrected chi connectivity index (χ2v) is 5.90. The average molecular weight is 372 g/mol. The SMILES string of the molecule is COc1cc(OC)cc(C(Nc2c([N+](=O)[O-])ncn2C)c2nccn2C)c1. The van der Waals surface area contributed by atoms with E-state index in [-0.39, 0.29) is 11.6 Å². The van der Waals surface area contributed by atoms with Crippen LogP contribution in [0.5, 0.6) is 11.5 Å². The van der Waals surface area contributed by atoms with E-state index in [1.807, 2.05) is 23.7 Å². The van der Waals surface area contributed by atoms with Crippen LogP contribution in [-0.4, -0.2) is 38.2 Å². The van der Waals surface area contributed by atoms with Crippen LogP contribution in [0.3, 0.4) is 0 Å². The normalized spacial score (nSPS) is 11.9. The average Bonchev–Trinajstić information content (AvgIpc) is 3.24. The van der Waals surface area contributed by atoms with Gasteiger partial charge in [0, 0.05) is 32.6 Å². The molecule has 2 heterocycles. The molecule has 1 aromatic carbocycles. The third-order valence-corrected chi connectivity index (χ3v) is 4.20. The number of methoxy groups -OCH3 is 2. The van der Waals surface area contributed by atoms with Gasteiger partial charge in [0.1, 0.15) is 23.4 Å². The van der Waals surface area contributed by atoms with Gasteiger partial charge in [0.2, 0.25) is 12.1 Å². The van der Waals surface area contributed by atoms with Gasteiger partial charge in [0.05, 0.1) is 14.2 Å². The fourth-order valence-electron chi connectivity index (χ4n) is 2.80. The molecule has 0 saturated heterocycles. The smallest absolute Gasteiger partial charge is 0.406 e. The van der Waals surface area contributed by atoms with Crippen LogP contribution in [0.15, 0.2) is 36.9 Å². The Morgan fingerprint density at radius 1 is 1.11 bits per heavy atom. The third kappa shape index (κ3) is 3.54. The molecule has 0 aliphatic carbocycles. The minimum atomic E-state index is -0.524. The lowest BCUT2D eigenvalue weighted by molar-refractivity contribution is -0.388. The Morgan fingerprint density at radius 2 is 1.78 bits per heavy atom. The highest BCUT2D eigenvalue weighted by molar-refractivity contribution is 5.55. The standard InChI is InChI=1S/C17H20N6O4/c1-21-6-5-18-15(21)14(11-7-12(26-3)9-13(8-11)27-4)20-17-16(23(24)25)19-10-22(17)2/h5-10,14,20H,1-4H3. The lowest BCUT2D eigenvalue weighted by Crippen LogP contribution is -2.19. The number of hydrogen-bond donors (Lipinski definition) is 1. The minimum Gasteiger partial charge on any atom is -0.497 e. The van der Waals surface area contributed by atoms with Gasteiger partial charge in [0.25, 0.3) is 0 Å². The molecule has 2 aromatic heterocycles. The van der Waals surface area contributed by atoms with Gasteiger partial charge < -0.3 is 29.5 Å². The maximum Gasteiger partial charge on any atom is 0.406 e. The number of anilines is 1. The Morgan fingerprint density at radius 3 is 2.30 bits per heavy atom. The lowest BCUT2D eigenvalue weighted by atomic mass is 10.0. The van der Waals surface area contributed by atoms with Crippen LogP contribution < -0.4 is 14.8 Å². The van der Waals surface area contributed by atoms with E-state index in [1.54, 1.807) is 44.3 Å². The van der Waals surface area contributed by atoms with Crippen molar-refractivity contribution in [3.05, 3.63) is 58.4 Å². The van der Waals surface area contributed by atoms with Crippen LogP contribution in [-0.2, 0) is 14.1 Å². The van der Waals surface area contributed by atoms with Crippen molar-refractivity contribution in [2.75, 3.05) is 19.5 Å². The number of benzene rings is 1. The second-order valence-electron chi connectivity index (χ2n) is 5.90. The van der Waals surface area contributed by atoms with Crippen LogP contribution in [0.25, 0.3) is 0 Å². The van der Waals surface area contributed by atoms with E-state index in [2.05, 4.69) is 15.3 Å². The molecule has 0 amide bonds. The number of imidazole rings is 2. The van der Waals surface area contributed by atoms with E-state index < -0.39 is 11.0 Å². The first kappa shape index (κ1) is 18.2. The molecule has 0 bridgehead atoms. The van der Waals surface area contributed by atoms with E-state index in [1.165, 1.54) is 6.33 Å². The summed E-state index contributed by atoms with van der Waals surface area (Å²) < 4.78 is 14.1. The van der Waals surface area contributed by atoms with Crippen molar-refractivity contribution in [1.82, 2.24) is 19.1 Å². The molecule has 3 rings (SSSR count). The van der Waals surface area contributed by atoms with Crippen LogP contribution in [0, 0.1) is 10.1 Å². The van der Waals surface area contributed by atoms with Crippen molar-refractivity contribution in [3.63, 3.8) is 0 Å². The summed E-state index contributed by atoms with van der Waals surface area (Å²) in [5.74, 6) is 1.89. The highest BCUT2D eigenvalue weighted by atomic mass is 16.6. The predicted octanol–water partition coefficient (Wildman–Crippen LogP) is 2.28. The van der Waals surface area contributed by atoms with Crippen molar-refractivity contribution < 1.29 is 14.4 Å². The van der Waals surface area contributed by atoms with Crippen molar-refractivity contribution >= 4 is 11.6 Å². The first-order chi connectivity index (χ1) is 12.9. The minimum absolute atomic E-state index is 0.258. The first-order valence-electron chi connectivity index (χ1n) is 8.07. The molecule has 1 atom stereocenters.